The number of imidazole rings is 1. The first kappa shape index (κ1) is 16.3. The smallest absolute Gasteiger partial charge is 0.231 e. The molecule has 28 heavy (non-hydrogen) atoms. The largest absolute Gasteiger partial charge is 0.454 e. The Kier molecular flexibility index (Phi) is 3.90. The molecule has 0 spiro atoms. The number of aromatic nitrogens is 4. The molecule has 0 unspecified atom stereocenters. The quantitative estimate of drug-likeness (QED) is 0.570. The summed E-state index contributed by atoms with van der Waals surface area (Å²) >= 11 is 0. The molecule has 1 aliphatic heterocycles. The van der Waals surface area contributed by atoms with Crippen LogP contribution < -0.4 is 15.2 Å². The maximum Gasteiger partial charge on any atom is 0.231 e. The van der Waals surface area contributed by atoms with Crippen molar-refractivity contribution in [2.75, 3.05) is 12.5 Å². The van der Waals surface area contributed by atoms with Crippen LogP contribution in [0.5, 0.6) is 11.5 Å². The van der Waals surface area contributed by atoms with E-state index in [0.29, 0.717) is 23.9 Å². The Hall–Kier alpha value is -3.87. The topological polar surface area (TPSA) is 98.9 Å². The zero-order chi connectivity index (χ0) is 18.9. The minimum atomic E-state index is 0.247. The van der Waals surface area contributed by atoms with Gasteiger partial charge in [-0.2, -0.15) is 0 Å². The number of nitrogens with zero attached hydrogens (tertiary/aromatic N) is 3. The van der Waals surface area contributed by atoms with Gasteiger partial charge < -0.3 is 20.2 Å². The van der Waals surface area contributed by atoms with Crippen molar-refractivity contribution in [3.8, 4) is 34.3 Å². The molecule has 2 aromatic carbocycles. The number of hydrogen-bond donors (Lipinski definition) is 2. The number of hydrogen-bond acceptors (Lipinski definition) is 6. The summed E-state index contributed by atoms with van der Waals surface area (Å²) in [4.78, 5) is 16.6. The Morgan fingerprint density at radius 1 is 1.00 bits per heavy atom. The van der Waals surface area contributed by atoms with Crippen LogP contribution in [0.3, 0.4) is 0 Å². The average Bonchev–Trinajstić information content (AvgIpc) is 3.40. The van der Waals surface area contributed by atoms with Crippen molar-refractivity contribution in [2.45, 2.75) is 6.42 Å². The Morgan fingerprint density at radius 2 is 1.86 bits per heavy atom. The highest BCUT2D eigenvalue weighted by Crippen LogP contribution is 2.35. The molecule has 138 valence electrons. The summed E-state index contributed by atoms with van der Waals surface area (Å²) < 4.78 is 10.9. The van der Waals surface area contributed by atoms with Crippen LogP contribution in [-0.4, -0.2) is 26.7 Å². The van der Waals surface area contributed by atoms with Gasteiger partial charge >= 0.3 is 0 Å². The van der Waals surface area contributed by atoms with E-state index in [-0.39, 0.29) is 6.79 Å². The van der Waals surface area contributed by atoms with Gasteiger partial charge in [0.2, 0.25) is 6.79 Å². The fourth-order valence-electron chi connectivity index (χ4n) is 3.31. The van der Waals surface area contributed by atoms with E-state index in [4.69, 9.17) is 20.2 Å². The molecular weight excluding hydrogens is 354 g/mol. The molecule has 0 amide bonds. The summed E-state index contributed by atoms with van der Waals surface area (Å²) in [5.41, 5.74) is 10.0. The Morgan fingerprint density at radius 3 is 2.68 bits per heavy atom. The van der Waals surface area contributed by atoms with Crippen LogP contribution in [0.25, 0.3) is 22.8 Å². The van der Waals surface area contributed by atoms with Gasteiger partial charge in [-0.25, -0.2) is 15.0 Å². The van der Waals surface area contributed by atoms with Gasteiger partial charge in [-0.05, 0) is 23.3 Å². The Labute approximate surface area is 161 Å². The highest BCUT2D eigenvalue weighted by atomic mass is 16.7. The van der Waals surface area contributed by atoms with E-state index in [1.54, 1.807) is 12.4 Å². The van der Waals surface area contributed by atoms with Crippen LogP contribution in [0.1, 0.15) is 11.3 Å². The molecule has 0 aliphatic carbocycles. The number of benzene rings is 2. The lowest BCUT2D eigenvalue weighted by atomic mass is 9.99. The normalized spacial score (nSPS) is 12.3. The first-order chi connectivity index (χ1) is 13.8. The molecule has 0 bridgehead atoms. The second-order valence-electron chi connectivity index (χ2n) is 6.42. The van der Waals surface area contributed by atoms with Gasteiger partial charge in [0.05, 0.1) is 5.69 Å². The van der Waals surface area contributed by atoms with Crippen molar-refractivity contribution < 1.29 is 9.47 Å². The standard InChI is InChI=1S/C21H17N5O2/c22-19-18(14-4-2-1-3-5-14)15(25-21(26-19)20-23-8-9-24-20)10-13-6-7-16-17(11-13)28-12-27-16/h1-9,11H,10,12H2,(H,23,24)(H2,22,25,26). The second kappa shape index (κ2) is 6.70. The number of fused-ring (bicyclic) bond motifs is 1. The first-order valence-electron chi connectivity index (χ1n) is 8.88. The van der Waals surface area contributed by atoms with Gasteiger partial charge in [0.1, 0.15) is 5.82 Å². The Bertz CT molecular complexity index is 1130. The molecule has 0 saturated heterocycles. The van der Waals surface area contributed by atoms with E-state index in [1.165, 1.54) is 0 Å². The molecule has 7 heteroatoms. The molecule has 2 aromatic heterocycles. The SMILES string of the molecule is Nc1nc(-c2ncc[nH]2)nc(Cc2ccc3c(c2)OCO3)c1-c1ccccc1. The zero-order valence-electron chi connectivity index (χ0n) is 14.9. The summed E-state index contributed by atoms with van der Waals surface area (Å²) in [7, 11) is 0. The highest BCUT2D eigenvalue weighted by Gasteiger charge is 2.19. The van der Waals surface area contributed by atoms with E-state index in [2.05, 4.69) is 15.0 Å². The predicted molar refractivity (Wildman–Crippen MR) is 105 cm³/mol. The minimum absolute atomic E-state index is 0.247. The van der Waals surface area contributed by atoms with Crippen LogP contribution in [0, 0.1) is 0 Å². The molecule has 0 atom stereocenters. The third-order valence-electron chi connectivity index (χ3n) is 4.59. The number of anilines is 1. The van der Waals surface area contributed by atoms with E-state index >= 15 is 0 Å². The number of aromatic amines is 1. The molecule has 1 aliphatic rings. The summed E-state index contributed by atoms with van der Waals surface area (Å²) in [6.45, 7) is 0.247. The molecule has 4 aromatic rings. The summed E-state index contributed by atoms with van der Waals surface area (Å²) in [6, 6.07) is 15.8. The molecule has 3 heterocycles. The van der Waals surface area contributed by atoms with E-state index in [1.807, 2.05) is 48.5 Å². The Balaban J connectivity index is 1.63. The molecule has 0 fully saturated rings. The number of rotatable bonds is 4. The molecular formula is C21H17N5O2. The fraction of sp³-hybridized carbons (Fsp3) is 0.0952. The molecule has 5 rings (SSSR count). The van der Waals surface area contributed by atoms with E-state index < -0.39 is 0 Å². The fourth-order valence-corrected chi connectivity index (χ4v) is 3.31. The first-order valence-corrected chi connectivity index (χ1v) is 8.88. The van der Waals surface area contributed by atoms with Crippen LogP contribution >= 0.6 is 0 Å². The summed E-state index contributed by atoms with van der Waals surface area (Å²) in [6.07, 6.45) is 3.97. The predicted octanol–water partition coefficient (Wildman–Crippen LogP) is 3.44. The number of H-pyrrole nitrogens is 1. The lowest BCUT2D eigenvalue weighted by Crippen LogP contribution is -2.06. The van der Waals surface area contributed by atoms with Crippen molar-refractivity contribution in [3.05, 3.63) is 72.2 Å². The van der Waals surface area contributed by atoms with E-state index in [0.717, 1.165) is 33.9 Å². The lowest BCUT2D eigenvalue weighted by molar-refractivity contribution is 0.174. The maximum absolute atomic E-state index is 6.37. The monoisotopic (exact) mass is 371 g/mol. The third kappa shape index (κ3) is 2.92. The number of nitrogens with two attached hydrogens (primary N) is 1. The minimum Gasteiger partial charge on any atom is -0.454 e. The van der Waals surface area contributed by atoms with Crippen molar-refractivity contribution in [2.24, 2.45) is 0 Å². The molecule has 0 saturated carbocycles. The molecule has 7 nitrogen and oxygen atoms in total. The van der Waals surface area contributed by atoms with Gasteiger partial charge in [0, 0.05) is 24.4 Å². The second-order valence-corrected chi connectivity index (χ2v) is 6.42. The summed E-state index contributed by atoms with van der Waals surface area (Å²) in [5, 5.41) is 0. The zero-order valence-corrected chi connectivity index (χ0v) is 14.9. The van der Waals surface area contributed by atoms with Gasteiger partial charge in [0.25, 0.3) is 0 Å². The maximum atomic E-state index is 6.37. The van der Waals surface area contributed by atoms with Gasteiger partial charge in [-0.15, -0.1) is 0 Å². The summed E-state index contributed by atoms with van der Waals surface area (Å²) in [5.74, 6) is 2.97. The molecule has 0 radical (unpaired) electrons. The van der Waals surface area contributed by atoms with Crippen LogP contribution in [-0.2, 0) is 6.42 Å². The van der Waals surface area contributed by atoms with Crippen molar-refractivity contribution in [1.29, 1.82) is 0 Å². The van der Waals surface area contributed by atoms with Crippen LogP contribution in [0.2, 0.25) is 0 Å². The van der Waals surface area contributed by atoms with Crippen LogP contribution in [0.15, 0.2) is 60.9 Å². The van der Waals surface area contributed by atoms with Crippen molar-refractivity contribution >= 4 is 5.82 Å². The highest BCUT2D eigenvalue weighted by molar-refractivity contribution is 5.77. The van der Waals surface area contributed by atoms with Crippen molar-refractivity contribution in [3.63, 3.8) is 0 Å². The third-order valence-corrected chi connectivity index (χ3v) is 4.59. The van der Waals surface area contributed by atoms with Gasteiger partial charge in [0.15, 0.2) is 23.1 Å². The van der Waals surface area contributed by atoms with Crippen LogP contribution in [0.4, 0.5) is 5.82 Å². The number of nitrogen functional groups attached to an aromatic ring is 1. The number of ether oxygens (including phenoxy) is 2. The lowest BCUT2D eigenvalue weighted by Gasteiger charge is -2.13. The number of nitrogens with one attached hydrogen (secondary N) is 1. The van der Waals surface area contributed by atoms with Gasteiger partial charge in [-0.1, -0.05) is 36.4 Å². The van der Waals surface area contributed by atoms with E-state index in [9.17, 15) is 0 Å². The average molecular weight is 371 g/mol. The molecule has 3 N–H and O–H groups in total. The van der Waals surface area contributed by atoms with Gasteiger partial charge in [-0.3, -0.25) is 0 Å². The van der Waals surface area contributed by atoms with Crippen molar-refractivity contribution in [1.82, 2.24) is 19.9 Å².